The van der Waals surface area contributed by atoms with Gasteiger partial charge in [-0.05, 0) is 11.4 Å². The number of halogens is 2. The van der Waals surface area contributed by atoms with Crippen molar-refractivity contribution in [1.82, 2.24) is 4.98 Å². The Morgan fingerprint density at radius 2 is 2.27 bits per heavy atom. The summed E-state index contributed by atoms with van der Waals surface area (Å²) in [7, 11) is 0. The first-order valence-corrected chi connectivity index (χ1v) is 8.30. The molecule has 0 aliphatic heterocycles. The van der Waals surface area contributed by atoms with E-state index < -0.39 is 6.04 Å². The van der Waals surface area contributed by atoms with Gasteiger partial charge in [0.25, 0.3) is 0 Å². The molecule has 0 unspecified atom stereocenters. The van der Waals surface area contributed by atoms with Crippen LogP contribution < -0.4 is 0 Å². The Bertz CT molecular complexity index is 780. The van der Waals surface area contributed by atoms with Crippen LogP contribution in [0.25, 0.3) is 0 Å². The fraction of sp³-hybridized carbons (Fsp3) is 0.154. The van der Waals surface area contributed by atoms with Crippen LogP contribution in [0.5, 0.6) is 0 Å². The van der Waals surface area contributed by atoms with E-state index in [1.165, 1.54) is 22.7 Å². The van der Waals surface area contributed by atoms with E-state index in [-0.39, 0.29) is 17.4 Å². The number of hydrogen-bond acceptors (Lipinski definition) is 7. The van der Waals surface area contributed by atoms with Gasteiger partial charge >= 0.3 is 0 Å². The molecule has 0 radical (unpaired) electrons. The predicted octanol–water partition coefficient (Wildman–Crippen LogP) is 3.99. The molecule has 1 atom stereocenters. The lowest BCUT2D eigenvalue weighted by Gasteiger charge is -2.00. The topological polar surface area (TPSA) is 85.2 Å². The Balaban J connectivity index is 2.15. The van der Waals surface area contributed by atoms with Gasteiger partial charge in [0.2, 0.25) is 0 Å². The number of aromatic nitrogens is 1. The summed E-state index contributed by atoms with van der Waals surface area (Å²) in [4.78, 5) is 13.6. The summed E-state index contributed by atoms with van der Waals surface area (Å²) in [6, 6.07) is 6.65. The van der Waals surface area contributed by atoms with E-state index >= 15 is 0 Å². The summed E-state index contributed by atoms with van der Waals surface area (Å²) in [5, 5.41) is 20.5. The van der Waals surface area contributed by atoms with Crippen LogP contribution in [0, 0.1) is 22.7 Å². The summed E-state index contributed by atoms with van der Waals surface area (Å²) in [6.07, 6.45) is 1.56. The number of thiazole rings is 1. The van der Waals surface area contributed by atoms with Gasteiger partial charge in [0.1, 0.15) is 11.2 Å². The zero-order valence-electron chi connectivity index (χ0n) is 10.9. The largest absolute Gasteiger partial charge is 0.270 e. The molecule has 0 amide bonds. The number of nitriles is 2. The Labute approximate surface area is 144 Å². The molecule has 0 saturated heterocycles. The highest BCUT2D eigenvalue weighted by Gasteiger charge is 2.14. The van der Waals surface area contributed by atoms with Crippen molar-refractivity contribution in [2.24, 2.45) is 9.98 Å². The average Bonchev–Trinajstić information content (AvgIpc) is 3.12. The maximum absolute atomic E-state index is 9.16. The summed E-state index contributed by atoms with van der Waals surface area (Å²) < 4.78 is 0.307. The Hall–Kier alpha value is -1.77. The highest BCUT2D eigenvalue weighted by atomic mass is 35.5. The van der Waals surface area contributed by atoms with Crippen molar-refractivity contribution >= 4 is 57.8 Å². The van der Waals surface area contributed by atoms with Gasteiger partial charge < -0.3 is 0 Å². The van der Waals surface area contributed by atoms with E-state index in [9.17, 15) is 0 Å². The van der Waals surface area contributed by atoms with Crippen molar-refractivity contribution in [3.05, 3.63) is 36.9 Å². The molecule has 0 aliphatic carbocycles. The first-order chi connectivity index (χ1) is 10.6. The maximum atomic E-state index is 9.16. The lowest BCUT2D eigenvalue weighted by atomic mass is 10.2. The van der Waals surface area contributed by atoms with E-state index in [0.29, 0.717) is 9.34 Å². The average molecular weight is 368 g/mol. The van der Waals surface area contributed by atoms with Crippen molar-refractivity contribution < 1.29 is 0 Å². The Morgan fingerprint density at radius 3 is 2.82 bits per heavy atom. The number of rotatable bonds is 5. The quantitative estimate of drug-likeness (QED) is 0.748. The lowest BCUT2D eigenvalue weighted by Crippen LogP contribution is -2.15. The predicted molar refractivity (Wildman–Crippen MR) is 90.2 cm³/mol. The van der Waals surface area contributed by atoms with Crippen molar-refractivity contribution in [2.45, 2.75) is 12.6 Å². The second-order valence-electron chi connectivity index (χ2n) is 3.82. The van der Waals surface area contributed by atoms with Gasteiger partial charge in [-0.25, -0.2) is 4.98 Å². The van der Waals surface area contributed by atoms with Crippen LogP contribution in [0.1, 0.15) is 9.75 Å². The number of nitrogens with zero attached hydrogens (tertiary/aromatic N) is 5. The first kappa shape index (κ1) is 16.6. The van der Waals surface area contributed by atoms with E-state index in [1.807, 2.05) is 29.7 Å². The molecule has 9 heteroatoms. The normalized spacial score (nSPS) is 13.0. The highest BCUT2D eigenvalue weighted by molar-refractivity contribution is 7.16. The van der Waals surface area contributed by atoms with E-state index in [4.69, 9.17) is 33.7 Å². The van der Waals surface area contributed by atoms with Gasteiger partial charge in [-0.2, -0.15) is 10.5 Å². The Morgan fingerprint density at radius 1 is 1.45 bits per heavy atom. The number of hydrogen-bond donors (Lipinski definition) is 0. The molecule has 0 spiro atoms. The molecule has 5 nitrogen and oxygen atoms in total. The molecule has 110 valence electrons. The second kappa shape index (κ2) is 8.02. The summed E-state index contributed by atoms with van der Waals surface area (Å²) in [6.45, 7) is 0.138. The summed E-state index contributed by atoms with van der Waals surface area (Å²) in [5.41, 5.74) is 0.0240. The standard InChI is InChI=1S/C13H7Cl2N5S2/c14-12-11(22-13(15)20-12)7-19-10(5-17)9(4-16)18-6-8-2-1-3-21-8/h1-3,6,9H,7H2/t9-/m1/s1. The minimum Gasteiger partial charge on any atom is -0.270 e. The molecule has 0 saturated carbocycles. The van der Waals surface area contributed by atoms with Crippen LogP contribution in [0.4, 0.5) is 0 Å². The molecule has 0 fully saturated rings. The second-order valence-corrected chi connectivity index (χ2v) is 6.82. The highest BCUT2D eigenvalue weighted by Crippen LogP contribution is 2.27. The molecule has 0 bridgehead atoms. The van der Waals surface area contributed by atoms with Gasteiger partial charge in [-0.1, -0.05) is 29.3 Å². The van der Waals surface area contributed by atoms with E-state index in [2.05, 4.69) is 15.0 Å². The van der Waals surface area contributed by atoms with Crippen LogP contribution in [0.3, 0.4) is 0 Å². The molecular formula is C13H7Cl2N5S2. The van der Waals surface area contributed by atoms with E-state index in [0.717, 1.165) is 4.88 Å². The van der Waals surface area contributed by atoms with Gasteiger partial charge in [0.15, 0.2) is 16.2 Å². The fourth-order valence-corrected chi connectivity index (χ4v) is 3.33. The molecule has 2 aromatic rings. The van der Waals surface area contributed by atoms with Gasteiger partial charge in [-0.15, -0.1) is 22.7 Å². The third kappa shape index (κ3) is 4.36. The molecule has 2 rings (SSSR count). The monoisotopic (exact) mass is 367 g/mol. The minimum absolute atomic E-state index is 0.0240. The molecular weight excluding hydrogens is 361 g/mol. The van der Waals surface area contributed by atoms with Gasteiger partial charge in [-0.3, -0.25) is 9.98 Å². The van der Waals surface area contributed by atoms with Gasteiger partial charge in [0, 0.05) is 11.1 Å². The lowest BCUT2D eigenvalue weighted by molar-refractivity contribution is 1.03. The molecule has 0 N–H and O–H groups in total. The summed E-state index contributed by atoms with van der Waals surface area (Å²) >= 11 is 14.3. The molecule has 0 aromatic carbocycles. The van der Waals surface area contributed by atoms with Gasteiger partial charge in [0.05, 0.1) is 17.5 Å². The summed E-state index contributed by atoms with van der Waals surface area (Å²) in [5.74, 6) is 0. The first-order valence-electron chi connectivity index (χ1n) is 5.85. The number of aliphatic imine (C=N–C) groups is 2. The third-order valence-electron chi connectivity index (χ3n) is 2.41. The van der Waals surface area contributed by atoms with Crippen LogP contribution in [0.15, 0.2) is 27.5 Å². The minimum atomic E-state index is -0.950. The molecule has 2 aromatic heterocycles. The third-order valence-corrected chi connectivity index (χ3v) is 4.78. The van der Waals surface area contributed by atoms with Crippen LogP contribution >= 0.6 is 45.9 Å². The maximum Gasteiger partial charge on any atom is 0.187 e. The van der Waals surface area contributed by atoms with Crippen molar-refractivity contribution in [3.8, 4) is 12.1 Å². The molecule has 0 aliphatic rings. The zero-order valence-corrected chi connectivity index (χ0v) is 14.0. The van der Waals surface area contributed by atoms with Crippen molar-refractivity contribution in [3.63, 3.8) is 0 Å². The smallest absolute Gasteiger partial charge is 0.187 e. The van der Waals surface area contributed by atoms with Crippen molar-refractivity contribution in [1.29, 1.82) is 10.5 Å². The van der Waals surface area contributed by atoms with E-state index in [1.54, 1.807) is 6.21 Å². The van der Waals surface area contributed by atoms with Crippen LogP contribution in [0.2, 0.25) is 9.62 Å². The zero-order chi connectivity index (χ0) is 15.9. The number of thiophene rings is 1. The Kier molecular flexibility index (Phi) is 6.05. The van der Waals surface area contributed by atoms with Crippen LogP contribution in [-0.4, -0.2) is 23.0 Å². The fourth-order valence-electron chi connectivity index (χ4n) is 1.42. The molecule has 2 heterocycles. The SMILES string of the molecule is N#CC(=NCc1sc(Cl)nc1Cl)[C@@H](C#N)N=Cc1cccs1. The molecule has 22 heavy (non-hydrogen) atoms. The van der Waals surface area contributed by atoms with Crippen molar-refractivity contribution in [2.75, 3.05) is 0 Å². The van der Waals surface area contributed by atoms with Crippen LogP contribution in [-0.2, 0) is 6.54 Å².